The topological polar surface area (TPSA) is 89.1 Å². The molecule has 1 aliphatic heterocycles. The van der Waals surface area contributed by atoms with E-state index in [1.165, 1.54) is 9.30 Å². The number of methoxy groups -OCH3 is 1. The highest BCUT2D eigenvalue weighted by molar-refractivity contribution is 8.26. The van der Waals surface area contributed by atoms with Crippen molar-refractivity contribution in [3.05, 3.63) is 68.9 Å². The van der Waals surface area contributed by atoms with E-state index in [-0.39, 0.29) is 23.6 Å². The molecule has 0 unspecified atom stereocenters. The van der Waals surface area contributed by atoms with Crippen molar-refractivity contribution in [2.24, 2.45) is 0 Å². The van der Waals surface area contributed by atoms with Gasteiger partial charge in [-0.25, -0.2) is 4.98 Å². The Morgan fingerprint density at radius 1 is 1.32 bits per heavy atom. The van der Waals surface area contributed by atoms with Gasteiger partial charge in [-0.1, -0.05) is 30.0 Å². The maximum absolute atomic E-state index is 13.3. The number of rotatable bonds is 7. The number of thiocarbonyl (C=S) groups is 1. The van der Waals surface area contributed by atoms with Crippen molar-refractivity contribution in [1.82, 2.24) is 14.3 Å². The van der Waals surface area contributed by atoms with Gasteiger partial charge >= 0.3 is 0 Å². The van der Waals surface area contributed by atoms with Gasteiger partial charge in [0.25, 0.3) is 11.5 Å². The summed E-state index contributed by atoms with van der Waals surface area (Å²) in [6.07, 6.45) is 4.77. The van der Waals surface area contributed by atoms with Crippen LogP contribution in [0, 0.1) is 6.92 Å². The number of furan rings is 1. The number of aryl methyl sites for hydroxylation is 1. The highest BCUT2D eigenvalue weighted by atomic mass is 32.2. The van der Waals surface area contributed by atoms with E-state index in [2.05, 4.69) is 10.3 Å². The molecule has 8 nitrogen and oxygen atoms in total. The standard InChI is InChI=1S/C21H20N4O4S2/c1-13-5-3-8-24-18(13)23-17(22-7-10-28-2)15(19(24)26)11-16-20(27)25(21(30)31-16)12-14-6-4-9-29-14/h3-6,8-9,11,22H,7,10,12H2,1-2H3. The Morgan fingerprint density at radius 3 is 2.90 bits per heavy atom. The highest BCUT2D eigenvalue weighted by Gasteiger charge is 2.33. The third-order valence-corrected chi connectivity index (χ3v) is 6.10. The molecule has 0 atom stereocenters. The van der Waals surface area contributed by atoms with Crippen LogP contribution in [0.15, 0.2) is 50.8 Å². The van der Waals surface area contributed by atoms with Gasteiger partial charge in [-0.2, -0.15) is 0 Å². The average molecular weight is 457 g/mol. The molecular formula is C21H20N4O4S2. The molecule has 0 aromatic carbocycles. The summed E-state index contributed by atoms with van der Waals surface area (Å²) in [6.45, 7) is 3.03. The minimum Gasteiger partial charge on any atom is -0.467 e. The van der Waals surface area contributed by atoms with Crippen LogP contribution in [0.25, 0.3) is 11.7 Å². The second-order valence-electron chi connectivity index (χ2n) is 6.83. The van der Waals surface area contributed by atoms with Crippen LogP contribution in [0.1, 0.15) is 16.9 Å². The van der Waals surface area contributed by atoms with Crippen LogP contribution in [0.3, 0.4) is 0 Å². The van der Waals surface area contributed by atoms with Crippen LogP contribution in [0.5, 0.6) is 0 Å². The molecule has 4 rings (SSSR count). The quantitative estimate of drug-likeness (QED) is 0.330. The number of carbonyl (C=O) groups excluding carboxylic acids is 1. The summed E-state index contributed by atoms with van der Waals surface area (Å²) in [6, 6.07) is 7.21. The zero-order valence-corrected chi connectivity index (χ0v) is 18.6. The largest absolute Gasteiger partial charge is 0.467 e. The van der Waals surface area contributed by atoms with Crippen molar-refractivity contribution < 1.29 is 13.9 Å². The van der Waals surface area contributed by atoms with Crippen LogP contribution in [0.4, 0.5) is 5.82 Å². The van der Waals surface area contributed by atoms with Crippen molar-refractivity contribution >= 4 is 51.7 Å². The van der Waals surface area contributed by atoms with Crippen LogP contribution < -0.4 is 10.9 Å². The van der Waals surface area contributed by atoms with Gasteiger partial charge in [-0.15, -0.1) is 0 Å². The maximum atomic E-state index is 13.3. The second kappa shape index (κ2) is 9.04. The first-order valence-corrected chi connectivity index (χ1v) is 10.7. The van der Waals surface area contributed by atoms with Crippen LogP contribution >= 0.6 is 24.0 Å². The summed E-state index contributed by atoms with van der Waals surface area (Å²) in [5.74, 6) is 0.748. The number of nitrogens with one attached hydrogen (secondary N) is 1. The first-order chi connectivity index (χ1) is 15.0. The Hall–Kier alpha value is -2.95. The first kappa shape index (κ1) is 21.3. The minimum atomic E-state index is -0.275. The molecule has 0 spiro atoms. The molecule has 3 aromatic rings. The van der Waals surface area contributed by atoms with Gasteiger partial charge in [0.1, 0.15) is 21.5 Å². The van der Waals surface area contributed by atoms with Crippen molar-refractivity contribution in [2.75, 3.05) is 25.6 Å². The van der Waals surface area contributed by atoms with Crippen molar-refractivity contribution in [3.8, 4) is 0 Å². The van der Waals surface area contributed by atoms with Gasteiger partial charge in [0, 0.05) is 19.9 Å². The van der Waals surface area contributed by atoms with E-state index in [9.17, 15) is 9.59 Å². The van der Waals surface area contributed by atoms with Crippen molar-refractivity contribution in [2.45, 2.75) is 13.5 Å². The summed E-state index contributed by atoms with van der Waals surface area (Å²) in [5.41, 5.74) is 1.43. The van der Waals surface area contributed by atoms with Gasteiger partial charge < -0.3 is 14.5 Å². The van der Waals surface area contributed by atoms with Crippen molar-refractivity contribution in [1.29, 1.82) is 0 Å². The molecule has 1 N–H and O–H groups in total. The number of hydrogen-bond acceptors (Lipinski definition) is 8. The summed E-state index contributed by atoms with van der Waals surface area (Å²) < 4.78 is 12.3. The van der Waals surface area contributed by atoms with Gasteiger partial charge in [0.05, 0.1) is 29.9 Å². The molecule has 0 saturated carbocycles. The molecule has 0 aliphatic carbocycles. The zero-order chi connectivity index (χ0) is 22.0. The predicted molar refractivity (Wildman–Crippen MR) is 124 cm³/mol. The van der Waals surface area contributed by atoms with E-state index in [0.717, 1.165) is 17.3 Å². The molecular weight excluding hydrogens is 436 g/mol. The number of hydrogen-bond donors (Lipinski definition) is 1. The number of amides is 1. The van der Waals surface area contributed by atoms with Gasteiger partial charge in [0.2, 0.25) is 0 Å². The number of nitrogens with zero attached hydrogens (tertiary/aromatic N) is 3. The minimum absolute atomic E-state index is 0.238. The summed E-state index contributed by atoms with van der Waals surface area (Å²) in [7, 11) is 1.60. The SMILES string of the molecule is COCCNc1nc2c(C)cccn2c(=O)c1C=C1SC(=S)N(Cc2ccco2)C1=O. The summed E-state index contributed by atoms with van der Waals surface area (Å²) >= 11 is 6.54. The lowest BCUT2D eigenvalue weighted by Crippen LogP contribution is -2.27. The normalized spacial score (nSPS) is 15.4. The molecule has 1 amide bonds. The molecule has 1 fully saturated rings. The Labute approximate surface area is 187 Å². The molecule has 1 saturated heterocycles. The lowest BCUT2D eigenvalue weighted by molar-refractivity contribution is -0.122. The van der Waals surface area contributed by atoms with E-state index in [1.54, 1.807) is 43.8 Å². The predicted octanol–water partition coefficient (Wildman–Crippen LogP) is 3.06. The van der Waals surface area contributed by atoms with Crippen LogP contribution in [-0.2, 0) is 16.1 Å². The van der Waals surface area contributed by atoms with Crippen LogP contribution in [0.2, 0.25) is 0 Å². The molecule has 1 aliphatic rings. The number of anilines is 1. The zero-order valence-electron chi connectivity index (χ0n) is 17.0. The van der Waals surface area contributed by atoms with Gasteiger partial charge in [0.15, 0.2) is 0 Å². The van der Waals surface area contributed by atoms with Gasteiger partial charge in [-0.05, 0) is 36.8 Å². The van der Waals surface area contributed by atoms with E-state index in [4.69, 9.17) is 21.4 Å². The Bertz CT molecular complexity index is 1230. The molecule has 0 radical (unpaired) electrons. The fourth-order valence-corrected chi connectivity index (χ4v) is 4.41. The number of ether oxygens (including phenoxy) is 1. The van der Waals surface area contributed by atoms with E-state index < -0.39 is 0 Å². The average Bonchev–Trinajstić information content (AvgIpc) is 3.35. The molecule has 31 heavy (non-hydrogen) atoms. The Morgan fingerprint density at radius 2 is 2.16 bits per heavy atom. The number of thioether (sulfide) groups is 1. The summed E-state index contributed by atoms with van der Waals surface area (Å²) in [4.78, 5) is 32.7. The fraction of sp³-hybridized carbons (Fsp3) is 0.238. The monoisotopic (exact) mass is 456 g/mol. The molecule has 4 heterocycles. The number of pyridine rings is 1. The van der Waals surface area contributed by atoms with E-state index in [0.29, 0.717) is 39.6 Å². The highest BCUT2D eigenvalue weighted by Crippen LogP contribution is 2.34. The Kier molecular flexibility index (Phi) is 6.21. The number of carbonyl (C=O) groups is 1. The number of aromatic nitrogens is 2. The second-order valence-corrected chi connectivity index (χ2v) is 8.51. The van der Waals surface area contributed by atoms with Crippen molar-refractivity contribution in [3.63, 3.8) is 0 Å². The smallest absolute Gasteiger partial charge is 0.267 e. The third kappa shape index (κ3) is 4.27. The van der Waals surface area contributed by atoms with Gasteiger partial charge in [-0.3, -0.25) is 18.9 Å². The molecule has 3 aromatic heterocycles. The molecule has 0 bridgehead atoms. The van der Waals surface area contributed by atoms with E-state index in [1.807, 2.05) is 13.0 Å². The first-order valence-electron chi connectivity index (χ1n) is 9.52. The number of fused-ring (bicyclic) bond motifs is 1. The lowest BCUT2D eigenvalue weighted by atomic mass is 10.2. The Balaban J connectivity index is 1.75. The van der Waals surface area contributed by atoms with Crippen LogP contribution in [-0.4, -0.2) is 44.8 Å². The lowest BCUT2D eigenvalue weighted by Gasteiger charge is -2.13. The maximum Gasteiger partial charge on any atom is 0.267 e. The third-order valence-electron chi connectivity index (χ3n) is 4.73. The molecule has 160 valence electrons. The van der Waals surface area contributed by atoms with E-state index >= 15 is 0 Å². The molecule has 10 heteroatoms. The fourth-order valence-electron chi connectivity index (χ4n) is 3.17. The summed E-state index contributed by atoms with van der Waals surface area (Å²) in [5, 5.41) is 3.15.